The maximum atomic E-state index is 12.9. The maximum Gasteiger partial charge on any atom is 0.325 e. The Hall–Kier alpha value is -3.00. The topological polar surface area (TPSA) is 91.8 Å². The minimum atomic E-state index is -1.28. The molecule has 7 nitrogen and oxygen atoms in total. The third-order valence-electron chi connectivity index (χ3n) is 4.10. The van der Waals surface area contributed by atoms with Crippen molar-refractivity contribution in [2.24, 2.45) is 0 Å². The van der Waals surface area contributed by atoms with Gasteiger partial charge in [-0.25, -0.2) is 9.18 Å². The van der Waals surface area contributed by atoms with E-state index in [9.17, 15) is 19.1 Å². The first-order valence-corrected chi connectivity index (χ1v) is 8.02. The van der Waals surface area contributed by atoms with Crippen LogP contribution in [0.25, 0.3) is 0 Å². The highest BCUT2D eigenvalue weighted by atomic mass is 19.1. The number of imide groups is 1. The maximum absolute atomic E-state index is 12.9. The fraction of sp³-hybridized carbons (Fsp3) is 0.278. The fourth-order valence-corrected chi connectivity index (χ4v) is 2.68. The molecule has 1 aromatic carbocycles. The summed E-state index contributed by atoms with van der Waals surface area (Å²) in [5.74, 6) is -0.519. The second-order valence-corrected chi connectivity index (χ2v) is 6.10. The average molecular weight is 359 g/mol. The van der Waals surface area contributed by atoms with Gasteiger partial charge in [0.05, 0.1) is 12.2 Å². The van der Waals surface area contributed by atoms with E-state index in [1.54, 1.807) is 25.1 Å². The molecule has 1 aliphatic rings. The van der Waals surface area contributed by atoms with Gasteiger partial charge in [-0.1, -0.05) is 6.07 Å². The predicted molar refractivity (Wildman–Crippen MR) is 89.7 cm³/mol. The summed E-state index contributed by atoms with van der Waals surface area (Å²) in [5, 5.41) is 12.7. The number of hydrogen-bond donors (Lipinski definition) is 2. The number of pyridine rings is 1. The predicted octanol–water partition coefficient (Wildman–Crippen LogP) is 1.43. The highest BCUT2D eigenvalue weighted by Crippen LogP contribution is 2.27. The lowest BCUT2D eigenvalue weighted by Gasteiger charge is -2.22. The molecular weight excluding hydrogens is 341 g/mol. The second kappa shape index (κ2) is 7.09. The number of aliphatic hydroxyl groups excluding tert-OH is 1. The van der Waals surface area contributed by atoms with Crippen LogP contribution in [0.5, 0.6) is 5.75 Å². The van der Waals surface area contributed by atoms with Crippen LogP contribution in [0, 0.1) is 5.82 Å². The van der Waals surface area contributed by atoms with Crippen molar-refractivity contribution in [3.63, 3.8) is 0 Å². The molecule has 0 spiro atoms. The van der Waals surface area contributed by atoms with E-state index in [2.05, 4.69) is 10.3 Å². The lowest BCUT2D eigenvalue weighted by Crippen LogP contribution is -2.43. The quantitative estimate of drug-likeness (QED) is 0.762. The number of aromatic nitrogens is 1. The molecule has 2 aromatic rings. The molecule has 0 saturated carbocycles. The smallest absolute Gasteiger partial charge is 0.325 e. The minimum absolute atomic E-state index is 0.150. The molecule has 2 atom stereocenters. The molecule has 1 aliphatic heterocycles. The van der Waals surface area contributed by atoms with E-state index in [1.165, 1.54) is 30.5 Å². The van der Waals surface area contributed by atoms with Crippen LogP contribution in [-0.4, -0.2) is 46.2 Å². The lowest BCUT2D eigenvalue weighted by molar-refractivity contribution is -0.132. The Bertz CT molecular complexity index is 800. The van der Waals surface area contributed by atoms with Gasteiger partial charge in [0.2, 0.25) is 0 Å². The first-order valence-electron chi connectivity index (χ1n) is 8.02. The van der Waals surface area contributed by atoms with Crippen LogP contribution in [0.3, 0.4) is 0 Å². The van der Waals surface area contributed by atoms with Crippen molar-refractivity contribution in [2.45, 2.75) is 18.6 Å². The molecule has 1 fully saturated rings. The van der Waals surface area contributed by atoms with E-state index >= 15 is 0 Å². The molecule has 2 heterocycles. The van der Waals surface area contributed by atoms with Gasteiger partial charge >= 0.3 is 6.03 Å². The number of ether oxygens (including phenoxy) is 1. The van der Waals surface area contributed by atoms with Crippen molar-refractivity contribution in [2.75, 3.05) is 13.2 Å². The van der Waals surface area contributed by atoms with Crippen molar-refractivity contribution in [3.05, 3.63) is 60.2 Å². The number of carbonyl (C=O) groups excluding carboxylic acids is 2. The fourth-order valence-electron chi connectivity index (χ4n) is 2.68. The zero-order chi connectivity index (χ0) is 18.7. The minimum Gasteiger partial charge on any atom is -0.491 e. The highest BCUT2D eigenvalue weighted by Gasteiger charge is 2.50. The van der Waals surface area contributed by atoms with E-state index in [0.29, 0.717) is 11.4 Å². The van der Waals surface area contributed by atoms with Crippen molar-refractivity contribution in [3.8, 4) is 5.75 Å². The van der Waals surface area contributed by atoms with Crippen LogP contribution in [0.2, 0.25) is 0 Å². The summed E-state index contributed by atoms with van der Waals surface area (Å²) in [5.41, 5.74) is -0.867. The number of urea groups is 1. The van der Waals surface area contributed by atoms with E-state index in [-0.39, 0.29) is 13.2 Å². The monoisotopic (exact) mass is 359 g/mol. The Morgan fingerprint density at radius 3 is 2.65 bits per heavy atom. The summed E-state index contributed by atoms with van der Waals surface area (Å²) in [7, 11) is 0. The molecule has 1 saturated heterocycles. The number of benzene rings is 1. The summed E-state index contributed by atoms with van der Waals surface area (Å²) >= 11 is 0. The molecule has 2 unspecified atom stereocenters. The Labute approximate surface area is 149 Å². The summed E-state index contributed by atoms with van der Waals surface area (Å²) < 4.78 is 18.2. The van der Waals surface area contributed by atoms with Gasteiger partial charge in [-0.15, -0.1) is 0 Å². The van der Waals surface area contributed by atoms with Crippen LogP contribution in [0.4, 0.5) is 9.18 Å². The van der Waals surface area contributed by atoms with E-state index in [1.807, 2.05) is 0 Å². The molecule has 2 N–H and O–H groups in total. The number of β-amino-alcohol motifs (C(OH)–C–C–N with tert-alkyl or cyclic N) is 1. The summed E-state index contributed by atoms with van der Waals surface area (Å²) in [6.45, 7) is 1.19. The molecule has 1 aromatic heterocycles. The Balaban J connectivity index is 1.63. The number of aliphatic hydroxyl groups is 1. The second-order valence-electron chi connectivity index (χ2n) is 6.10. The van der Waals surface area contributed by atoms with Crippen molar-refractivity contribution >= 4 is 11.9 Å². The molecule has 136 valence electrons. The molecule has 3 amide bonds. The summed E-state index contributed by atoms with van der Waals surface area (Å²) in [4.78, 5) is 30.0. The molecule has 26 heavy (non-hydrogen) atoms. The zero-order valence-electron chi connectivity index (χ0n) is 14.1. The van der Waals surface area contributed by atoms with Crippen molar-refractivity contribution < 1.29 is 23.8 Å². The average Bonchev–Trinajstić information content (AvgIpc) is 2.86. The number of rotatable bonds is 6. The number of amides is 3. The Kier molecular flexibility index (Phi) is 4.85. The third-order valence-corrected chi connectivity index (χ3v) is 4.10. The van der Waals surface area contributed by atoms with Crippen LogP contribution < -0.4 is 10.1 Å². The summed E-state index contributed by atoms with van der Waals surface area (Å²) in [6.07, 6.45) is 0.439. The lowest BCUT2D eigenvalue weighted by atomic mass is 9.97. The van der Waals surface area contributed by atoms with Crippen LogP contribution >= 0.6 is 0 Å². The van der Waals surface area contributed by atoms with E-state index in [0.717, 1.165) is 4.90 Å². The molecule has 0 aliphatic carbocycles. The van der Waals surface area contributed by atoms with Gasteiger partial charge in [-0.2, -0.15) is 0 Å². The molecular formula is C18H18FN3O4. The van der Waals surface area contributed by atoms with Gasteiger partial charge < -0.3 is 15.2 Å². The van der Waals surface area contributed by atoms with Gasteiger partial charge in [0, 0.05) is 6.20 Å². The van der Waals surface area contributed by atoms with Crippen LogP contribution in [0.15, 0.2) is 48.7 Å². The van der Waals surface area contributed by atoms with E-state index < -0.39 is 29.4 Å². The number of nitrogens with one attached hydrogen (secondary N) is 1. The summed E-state index contributed by atoms with van der Waals surface area (Å²) in [6, 6.07) is 9.79. The largest absolute Gasteiger partial charge is 0.491 e. The van der Waals surface area contributed by atoms with Crippen LogP contribution in [-0.2, 0) is 10.3 Å². The first-order chi connectivity index (χ1) is 12.4. The molecule has 8 heteroatoms. The molecule has 0 radical (unpaired) electrons. The first kappa shape index (κ1) is 17.8. The van der Waals surface area contributed by atoms with Gasteiger partial charge in [-0.05, 0) is 43.3 Å². The normalized spacial score (nSPS) is 20.8. The Morgan fingerprint density at radius 1 is 1.27 bits per heavy atom. The van der Waals surface area contributed by atoms with Crippen molar-refractivity contribution in [1.29, 1.82) is 0 Å². The van der Waals surface area contributed by atoms with Gasteiger partial charge in [0.1, 0.15) is 24.3 Å². The standard InChI is InChI=1S/C18H18FN3O4/c1-18(15-4-2-3-9-20-15)16(24)22(17(25)21-18)10-13(23)11-26-14-7-5-12(19)6-8-14/h2-9,13,23H,10-11H2,1H3,(H,21,25). The zero-order valence-corrected chi connectivity index (χ0v) is 14.1. The van der Waals surface area contributed by atoms with Gasteiger partial charge in [-0.3, -0.25) is 14.7 Å². The molecule has 3 rings (SSSR count). The molecule has 0 bridgehead atoms. The van der Waals surface area contributed by atoms with Crippen LogP contribution in [0.1, 0.15) is 12.6 Å². The number of nitrogens with zero attached hydrogens (tertiary/aromatic N) is 2. The van der Waals surface area contributed by atoms with E-state index in [4.69, 9.17) is 4.74 Å². The number of carbonyl (C=O) groups is 2. The third kappa shape index (κ3) is 3.50. The van der Waals surface area contributed by atoms with Crippen molar-refractivity contribution in [1.82, 2.24) is 15.2 Å². The van der Waals surface area contributed by atoms with Gasteiger partial charge in [0.15, 0.2) is 5.54 Å². The number of hydrogen-bond acceptors (Lipinski definition) is 5. The van der Waals surface area contributed by atoms with Gasteiger partial charge in [0.25, 0.3) is 5.91 Å². The Morgan fingerprint density at radius 2 is 2.00 bits per heavy atom. The SMILES string of the molecule is CC1(c2ccccn2)NC(=O)N(CC(O)COc2ccc(F)cc2)C1=O. The number of halogens is 1. The highest BCUT2D eigenvalue weighted by molar-refractivity contribution is 6.07.